The first kappa shape index (κ1) is 18.8. The molecule has 0 radical (unpaired) electrons. The Morgan fingerprint density at radius 1 is 1.25 bits per heavy atom. The fourth-order valence-electron chi connectivity index (χ4n) is 2.90. The summed E-state index contributed by atoms with van der Waals surface area (Å²) in [7, 11) is -3.59. The van der Waals surface area contributed by atoms with Crippen molar-refractivity contribution in [1.29, 1.82) is 0 Å². The highest BCUT2D eigenvalue weighted by atomic mass is 32.2. The third-order valence-corrected chi connectivity index (χ3v) is 7.17. The average Bonchev–Trinajstić information content (AvgIpc) is 3.41. The Morgan fingerprint density at radius 3 is 2.82 bits per heavy atom. The van der Waals surface area contributed by atoms with Crippen LogP contribution in [-0.4, -0.2) is 53.2 Å². The van der Waals surface area contributed by atoms with Crippen molar-refractivity contribution in [3.8, 4) is 11.3 Å². The van der Waals surface area contributed by atoms with E-state index >= 15 is 0 Å². The number of carbonyl (C=O) groups is 1. The van der Waals surface area contributed by atoms with E-state index in [9.17, 15) is 13.2 Å². The molecule has 1 saturated heterocycles. The van der Waals surface area contributed by atoms with E-state index < -0.39 is 15.9 Å². The molecular weight excluding hydrogens is 400 g/mol. The summed E-state index contributed by atoms with van der Waals surface area (Å²) < 4.78 is 32.1. The quantitative estimate of drug-likeness (QED) is 0.659. The number of thioether (sulfide) groups is 1. The Bertz CT molecular complexity index is 1070. The second-order valence-electron chi connectivity index (χ2n) is 6.17. The predicted molar refractivity (Wildman–Crippen MR) is 107 cm³/mol. The van der Waals surface area contributed by atoms with Crippen LogP contribution < -0.4 is 5.32 Å². The molecule has 1 amide bonds. The summed E-state index contributed by atoms with van der Waals surface area (Å²) in [6.07, 6.45) is 4.28. The number of benzene rings is 1. The first-order valence-electron chi connectivity index (χ1n) is 8.60. The SMILES string of the molecule is O=C(Nc1cccc(-c2cnco2)c1)c1cc(S(=O)(=O)N2CCSCC2)c[nH]1. The first-order chi connectivity index (χ1) is 13.5. The molecule has 1 aliphatic rings. The summed E-state index contributed by atoms with van der Waals surface area (Å²) >= 11 is 1.73. The lowest BCUT2D eigenvalue weighted by Gasteiger charge is -2.24. The van der Waals surface area contributed by atoms with Crippen LogP contribution in [-0.2, 0) is 10.0 Å². The molecule has 0 atom stereocenters. The van der Waals surface area contributed by atoms with E-state index in [-0.39, 0.29) is 10.6 Å². The summed E-state index contributed by atoms with van der Waals surface area (Å²) in [6.45, 7) is 0.961. The van der Waals surface area contributed by atoms with Gasteiger partial charge >= 0.3 is 0 Å². The van der Waals surface area contributed by atoms with Crippen LogP contribution in [0.2, 0.25) is 0 Å². The molecule has 0 spiro atoms. The number of aromatic amines is 1. The summed E-state index contributed by atoms with van der Waals surface area (Å²) in [5.41, 5.74) is 1.51. The number of carbonyl (C=O) groups excluding carboxylic acids is 1. The van der Waals surface area contributed by atoms with Crippen LogP contribution >= 0.6 is 11.8 Å². The third-order valence-electron chi connectivity index (χ3n) is 4.35. The Labute approximate surface area is 166 Å². The molecule has 4 rings (SSSR count). The minimum atomic E-state index is -3.59. The second-order valence-corrected chi connectivity index (χ2v) is 9.33. The molecule has 1 fully saturated rings. The molecule has 1 aliphatic heterocycles. The normalized spacial score (nSPS) is 15.4. The van der Waals surface area contributed by atoms with Crippen LogP contribution in [0, 0.1) is 0 Å². The second kappa shape index (κ2) is 7.82. The Hall–Kier alpha value is -2.56. The molecule has 0 unspecified atom stereocenters. The lowest BCUT2D eigenvalue weighted by Crippen LogP contribution is -2.37. The number of hydrogen-bond acceptors (Lipinski definition) is 6. The monoisotopic (exact) mass is 418 g/mol. The van der Waals surface area contributed by atoms with Crippen molar-refractivity contribution < 1.29 is 17.6 Å². The third kappa shape index (κ3) is 3.84. The molecule has 0 bridgehead atoms. The minimum absolute atomic E-state index is 0.0972. The molecule has 3 aromatic rings. The van der Waals surface area contributed by atoms with Crippen molar-refractivity contribution in [3.05, 3.63) is 54.8 Å². The smallest absolute Gasteiger partial charge is 0.272 e. The van der Waals surface area contributed by atoms with E-state index in [1.54, 1.807) is 36.2 Å². The lowest BCUT2D eigenvalue weighted by atomic mass is 10.1. The van der Waals surface area contributed by atoms with Gasteiger partial charge in [-0.25, -0.2) is 13.4 Å². The first-order valence-corrected chi connectivity index (χ1v) is 11.2. The van der Waals surface area contributed by atoms with Gasteiger partial charge in [-0.2, -0.15) is 16.1 Å². The van der Waals surface area contributed by atoms with Crippen molar-refractivity contribution in [3.63, 3.8) is 0 Å². The van der Waals surface area contributed by atoms with Crippen molar-refractivity contribution >= 4 is 33.4 Å². The molecule has 2 N–H and O–H groups in total. The molecule has 1 aromatic carbocycles. The van der Waals surface area contributed by atoms with Gasteiger partial charge in [-0.05, 0) is 18.2 Å². The number of nitrogens with one attached hydrogen (secondary N) is 2. The number of sulfonamides is 1. The zero-order valence-electron chi connectivity index (χ0n) is 14.8. The van der Waals surface area contributed by atoms with Crippen molar-refractivity contribution in [2.45, 2.75) is 4.90 Å². The number of rotatable bonds is 5. The van der Waals surface area contributed by atoms with Gasteiger partial charge in [0.15, 0.2) is 12.2 Å². The van der Waals surface area contributed by atoms with Crippen LogP contribution in [0.25, 0.3) is 11.3 Å². The van der Waals surface area contributed by atoms with Gasteiger partial charge < -0.3 is 14.7 Å². The number of amides is 1. The highest BCUT2D eigenvalue weighted by molar-refractivity contribution is 7.99. The van der Waals surface area contributed by atoms with Crippen molar-refractivity contribution in [1.82, 2.24) is 14.3 Å². The average molecular weight is 419 g/mol. The molecule has 3 heterocycles. The fourth-order valence-corrected chi connectivity index (χ4v) is 5.47. The van der Waals surface area contributed by atoms with Crippen LogP contribution in [0.5, 0.6) is 0 Å². The maximum atomic E-state index is 12.7. The lowest BCUT2D eigenvalue weighted by molar-refractivity contribution is 0.102. The van der Waals surface area contributed by atoms with Crippen molar-refractivity contribution in [2.75, 3.05) is 29.9 Å². The minimum Gasteiger partial charge on any atom is -0.444 e. The van der Waals surface area contributed by atoms with E-state index in [0.717, 1.165) is 17.1 Å². The van der Waals surface area contributed by atoms with E-state index in [4.69, 9.17) is 4.42 Å². The van der Waals surface area contributed by atoms with Gasteiger partial charge in [0.2, 0.25) is 10.0 Å². The van der Waals surface area contributed by atoms with Crippen LogP contribution in [0.3, 0.4) is 0 Å². The van der Waals surface area contributed by atoms with E-state index in [0.29, 0.717) is 24.5 Å². The Kier molecular flexibility index (Phi) is 5.25. The van der Waals surface area contributed by atoms with Gasteiger partial charge in [0.05, 0.1) is 6.20 Å². The highest BCUT2D eigenvalue weighted by Crippen LogP contribution is 2.24. The zero-order valence-corrected chi connectivity index (χ0v) is 16.4. The van der Waals surface area contributed by atoms with Gasteiger partial charge in [-0.15, -0.1) is 0 Å². The Morgan fingerprint density at radius 2 is 2.07 bits per heavy atom. The molecule has 28 heavy (non-hydrogen) atoms. The largest absolute Gasteiger partial charge is 0.444 e. The number of hydrogen-bond donors (Lipinski definition) is 2. The van der Waals surface area contributed by atoms with Gasteiger partial charge in [-0.1, -0.05) is 12.1 Å². The fraction of sp³-hybridized carbons (Fsp3) is 0.222. The number of aromatic nitrogens is 2. The van der Waals surface area contributed by atoms with E-state index in [1.165, 1.54) is 23.0 Å². The summed E-state index contributed by atoms with van der Waals surface area (Å²) in [6, 6.07) is 8.49. The van der Waals surface area contributed by atoms with E-state index in [1.807, 2.05) is 6.07 Å². The van der Waals surface area contributed by atoms with Crippen molar-refractivity contribution in [2.24, 2.45) is 0 Å². The number of H-pyrrole nitrogens is 1. The topological polar surface area (TPSA) is 108 Å². The molecule has 146 valence electrons. The summed E-state index contributed by atoms with van der Waals surface area (Å²) in [4.78, 5) is 19.3. The molecular formula is C18H18N4O4S2. The highest BCUT2D eigenvalue weighted by Gasteiger charge is 2.27. The predicted octanol–water partition coefficient (Wildman–Crippen LogP) is 2.66. The van der Waals surface area contributed by atoms with Crippen LogP contribution in [0.15, 0.2) is 58.4 Å². The number of nitrogens with zero attached hydrogens (tertiary/aromatic N) is 2. The molecule has 0 aliphatic carbocycles. The van der Waals surface area contributed by atoms with Gasteiger partial charge in [0, 0.05) is 42.0 Å². The standard InChI is InChI=1S/C18H18N4O4S2/c23-18(21-14-3-1-2-13(8-14)17-11-19-12-26-17)16-9-15(10-20-16)28(24,25)22-4-6-27-7-5-22/h1-3,8-12,20H,4-7H2,(H,21,23). The van der Waals surface area contributed by atoms with Gasteiger partial charge in [0.25, 0.3) is 5.91 Å². The van der Waals surface area contributed by atoms with Gasteiger partial charge in [-0.3, -0.25) is 4.79 Å². The van der Waals surface area contributed by atoms with E-state index in [2.05, 4.69) is 15.3 Å². The van der Waals surface area contributed by atoms with Crippen LogP contribution in [0.4, 0.5) is 5.69 Å². The van der Waals surface area contributed by atoms with Crippen LogP contribution in [0.1, 0.15) is 10.5 Å². The number of oxazole rings is 1. The number of anilines is 1. The summed E-state index contributed by atoms with van der Waals surface area (Å²) in [5, 5.41) is 2.76. The Balaban J connectivity index is 1.50. The molecule has 8 nitrogen and oxygen atoms in total. The maximum Gasteiger partial charge on any atom is 0.272 e. The zero-order chi connectivity index (χ0) is 19.6. The maximum absolute atomic E-state index is 12.7. The summed E-state index contributed by atoms with van der Waals surface area (Å²) in [5.74, 6) is 1.71. The molecule has 0 saturated carbocycles. The van der Waals surface area contributed by atoms with Gasteiger partial charge in [0.1, 0.15) is 10.6 Å². The molecule has 2 aromatic heterocycles. The molecule has 10 heteroatoms.